The second kappa shape index (κ2) is 10.3. The van der Waals surface area contributed by atoms with E-state index in [1.165, 1.54) is 22.0 Å². The number of hydrogen-bond acceptors (Lipinski definition) is 10. The van der Waals surface area contributed by atoms with Crippen molar-refractivity contribution >= 4 is 50.6 Å². The van der Waals surface area contributed by atoms with Gasteiger partial charge in [-0.3, -0.25) is 4.79 Å². The van der Waals surface area contributed by atoms with Crippen molar-refractivity contribution in [1.29, 1.82) is 0 Å². The van der Waals surface area contributed by atoms with E-state index in [0.717, 1.165) is 29.6 Å². The zero-order chi connectivity index (χ0) is 26.9. The van der Waals surface area contributed by atoms with Crippen LogP contribution in [0.1, 0.15) is 6.42 Å². The molecule has 198 valence electrons. The van der Waals surface area contributed by atoms with Gasteiger partial charge in [0.15, 0.2) is 22.8 Å². The quantitative estimate of drug-likeness (QED) is 0.270. The highest BCUT2D eigenvalue weighted by molar-refractivity contribution is 7.12. The first-order chi connectivity index (χ1) is 19.0. The Morgan fingerprint density at radius 2 is 1.92 bits per heavy atom. The van der Waals surface area contributed by atoms with Crippen LogP contribution in [0.15, 0.2) is 65.0 Å². The second-order valence-corrected chi connectivity index (χ2v) is 10.00. The lowest BCUT2D eigenvalue weighted by atomic mass is 10.2. The van der Waals surface area contributed by atoms with E-state index in [2.05, 4.69) is 25.2 Å². The number of nitrogens with one attached hydrogen (secondary N) is 1. The van der Waals surface area contributed by atoms with Gasteiger partial charge in [0.2, 0.25) is 11.1 Å². The van der Waals surface area contributed by atoms with Crippen LogP contribution in [0.5, 0.6) is 11.5 Å². The number of para-hydroxylation sites is 1. The monoisotopic (exact) mass is 542 g/mol. The van der Waals surface area contributed by atoms with Crippen molar-refractivity contribution in [2.45, 2.75) is 6.42 Å². The Bertz CT molecular complexity index is 1850. The molecule has 4 aromatic heterocycles. The zero-order valence-electron chi connectivity index (χ0n) is 21.7. The van der Waals surface area contributed by atoms with Gasteiger partial charge in [0.05, 0.1) is 19.2 Å². The van der Waals surface area contributed by atoms with Crippen molar-refractivity contribution < 1.29 is 9.47 Å². The van der Waals surface area contributed by atoms with Crippen molar-refractivity contribution in [1.82, 2.24) is 34.0 Å². The minimum atomic E-state index is -0.272. The molecular weight excluding hydrogens is 516 g/mol. The zero-order valence-corrected chi connectivity index (χ0v) is 22.5. The van der Waals surface area contributed by atoms with Crippen molar-refractivity contribution in [2.24, 2.45) is 0 Å². The fraction of sp³-hybridized carbons (Fsp3) is 0.222. The maximum Gasteiger partial charge on any atom is 0.284 e. The third kappa shape index (κ3) is 4.64. The molecule has 0 atom stereocenters. The summed E-state index contributed by atoms with van der Waals surface area (Å²) in [5, 5.41) is 6.87. The standard InChI is InChI=1S/C27H26N8O3S/c1-33(2)12-6-13-38-22-15-17(9-10-21(22)37-3)30-26-29-16-19-23(32-26)31-24-18-7-4-5-8-20(18)34(35(24)25(19)36)27-28-11-14-39-27/h4-5,7-11,14-16H,6,12-13H2,1-3H3,(H,29,30,32). The van der Waals surface area contributed by atoms with E-state index in [1.54, 1.807) is 18.0 Å². The third-order valence-electron chi connectivity index (χ3n) is 6.20. The number of hydrogen-bond donors (Lipinski definition) is 1. The van der Waals surface area contributed by atoms with Crippen LogP contribution < -0.4 is 20.3 Å². The molecule has 11 nitrogen and oxygen atoms in total. The van der Waals surface area contributed by atoms with Crippen molar-refractivity contribution in [2.75, 3.05) is 39.7 Å². The van der Waals surface area contributed by atoms with E-state index in [1.807, 2.05) is 61.9 Å². The number of rotatable bonds is 9. The molecule has 0 saturated carbocycles. The van der Waals surface area contributed by atoms with Gasteiger partial charge in [0.1, 0.15) is 5.39 Å². The van der Waals surface area contributed by atoms with Crippen LogP contribution in [0.2, 0.25) is 0 Å². The van der Waals surface area contributed by atoms with Crippen molar-refractivity contribution in [3.63, 3.8) is 0 Å². The molecular formula is C27H26N8O3S. The predicted octanol–water partition coefficient (Wildman–Crippen LogP) is 4.12. The fourth-order valence-electron chi connectivity index (χ4n) is 4.41. The molecule has 6 aromatic rings. The lowest BCUT2D eigenvalue weighted by molar-refractivity contribution is 0.268. The number of fused-ring (bicyclic) bond motifs is 4. The molecule has 0 bridgehead atoms. The Morgan fingerprint density at radius 1 is 1.05 bits per heavy atom. The van der Waals surface area contributed by atoms with Gasteiger partial charge in [-0.1, -0.05) is 12.1 Å². The third-order valence-corrected chi connectivity index (χ3v) is 6.95. The Hall–Kier alpha value is -4.55. The summed E-state index contributed by atoms with van der Waals surface area (Å²) in [5.74, 6) is 1.57. The molecule has 0 unspecified atom stereocenters. The fourth-order valence-corrected chi connectivity index (χ4v) is 5.06. The van der Waals surface area contributed by atoms with Gasteiger partial charge in [-0.05, 0) is 44.8 Å². The normalized spacial score (nSPS) is 11.6. The van der Waals surface area contributed by atoms with Gasteiger partial charge >= 0.3 is 0 Å². The molecule has 1 N–H and O–H groups in total. The van der Waals surface area contributed by atoms with Crippen LogP contribution in [0, 0.1) is 0 Å². The maximum absolute atomic E-state index is 13.7. The first-order valence-electron chi connectivity index (χ1n) is 12.3. The number of nitrogens with zero attached hydrogens (tertiary/aromatic N) is 7. The maximum atomic E-state index is 13.7. The minimum Gasteiger partial charge on any atom is -0.493 e. The summed E-state index contributed by atoms with van der Waals surface area (Å²) in [7, 11) is 5.67. The molecule has 0 radical (unpaired) electrons. The van der Waals surface area contributed by atoms with Gasteiger partial charge in [0.25, 0.3) is 5.56 Å². The molecule has 0 fully saturated rings. The smallest absolute Gasteiger partial charge is 0.284 e. The molecule has 39 heavy (non-hydrogen) atoms. The Kier molecular flexibility index (Phi) is 6.55. The van der Waals surface area contributed by atoms with E-state index < -0.39 is 0 Å². The highest BCUT2D eigenvalue weighted by Crippen LogP contribution is 2.31. The molecule has 0 aliphatic heterocycles. The number of anilines is 2. The Labute approximate surface area is 227 Å². The molecule has 0 amide bonds. The summed E-state index contributed by atoms with van der Waals surface area (Å²) in [4.78, 5) is 34.0. The van der Waals surface area contributed by atoms with Gasteiger partial charge in [-0.25, -0.2) is 19.6 Å². The number of ether oxygens (including phenoxy) is 2. The number of aromatic nitrogens is 6. The van der Waals surface area contributed by atoms with Crippen molar-refractivity contribution in [3.8, 4) is 16.6 Å². The van der Waals surface area contributed by atoms with E-state index in [0.29, 0.717) is 45.9 Å². The summed E-state index contributed by atoms with van der Waals surface area (Å²) >= 11 is 1.44. The van der Waals surface area contributed by atoms with Crippen LogP contribution in [0.4, 0.5) is 11.6 Å². The highest BCUT2D eigenvalue weighted by Gasteiger charge is 2.19. The number of thiazole rings is 1. The molecule has 2 aromatic carbocycles. The highest BCUT2D eigenvalue weighted by atomic mass is 32.1. The first-order valence-corrected chi connectivity index (χ1v) is 13.2. The Balaban J connectivity index is 1.38. The lowest BCUT2D eigenvalue weighted by Gasteiger charge is -2.14. The Morgan fingerprint density at radius 3 is 2.72 bits per heavy atom. The van der Waals surface area contributed by atoms with E-state index in [4.69, 9.17) is 14.5 Å². The van der Waals surface area contributed by atoms with E-state index in [-0.39, 0.29) is 5.56 Å². The second-order valence-electron chi connectivity index (χ2n) is 9.12. The first kappa shape index (κ1) is 24.8. The van der Waals surface area contributed by atoms with Crippen molar-refractivity contribution in [3.05, 3.63) is 70.6 Å². The van der Waals surface area contributed by atoms with E-state index >= 15 is 0 Å². The van der Waals surface area contributed by atoms with Gasteiger partial charge in [0, 0.05) is 41.5 Å². The molecule has 12 heteroatoms. The molecule has 0 aliphatic carbocycles. The van der Waals surface area contributed by atoms with E-state index in [9.17, 15) is 4.79 Å². The molecule has 0 saturated heterocycles. The SMILES string of the molecule is COc1ccc(Nc2ncc3c(=O)n4c(nc3n2)c2ccccc2n4-c2nccs2)cc1OCCCN(C)C. The average molecular weight is 543 g/mol. The van der Waals surface area contributed by atoms with Gasteiger partial charge in [-0.15, -0.1) is 11.3 Å². The summed E-state index contributed by atoms with van der Waals surface area (Å²) < 4.78 is 14.7. The average Bonchev–Trinajstić information content (AvgIpc) is 3.58. The number of benzene rings is 2. The van der Waals surface area contributed by atoms with Crippen LogP contribution in [0.3, 0.4) is 0 Å². The van der Waals surface area contributed by atoms with Crippen LogP contribution >= 0.6 is 11.3 Å². The van der Waals surface area contributed by atoms with Gasteiger partial charge in [-0.2, -0.15) is 9.50 Å². The summed E-state index contributed by atoms with van der Waals surface area (Å²) in [5.41, 5.74) is 2.07. The van der Waals surface area contributed by atoms with Gasteiger partial charge < -0.3 is 19.7 Å². The largest absolute Gasteiger partial charge is 0.493 e. The van der Waals surface area contributed by atoms with Crippen LogP contribution in [-0.4, -0.2) is 68.4 Å². The molecule has 6 rings (SSSR count). The topological polar surface area (TPSA) is 112 Å². The molecule has 4 heterocycles. The predicted molar refractivity (Wildman–Crippen MR) is 152 cm³/mol. The summed E-state index contributed by atoms with van der Waals surface area (Å²) in [6, 6.07) is 13.2. The lowest BCUT2D eigenvalue weighted by Crippen LogP contribution is -2.21. The summed E-state index contributed by atoms with van der Waals surface area (Å²) in [6.45, 7) is 1.48. The van der Waals surface area contributed by atoms with Crippen LogP contribution in [0.25, 0.3) is 32.7 Å². The molecule has 0 spiro atoms. The summed E-state index contributed by atoms with van der Waals surface area (Å²) in [6.07, 6.45) is 4.09. The van der Waals surface area contributed by atoms with Crippen LogP contribution in [-0.2, 0) is 0 Å². The number of methoxy groups -OCH3 is 1. The minimum absolute atomic E-state index is 0.272. The molecule has 0 aliphatic rings.